The van der Waals surface area contributed by atoms with Crippen molar-refractivity contribution in [2.45, 2.75) is 39.0 Å². The van der Waals surface area contributed by atoms with Crippen LogP contribution in [0.1, 0.15) is 48.0 Å². The Morgan fingerprint density at radius 1 is 1.16 bits per heavy atom. The van der Waals surface area contributed by atoms with Crippen molar-refractivity contribution in [1.82, 2.24) is 10.2 Å². The number of nitrogens with one attached hydrogen (secondary N) is 2. The maximum absolute atomic E-state index is 12.2. The first-order chi connectivity index (χ1) is 11.8. The molecule has 0 aromatic heterocycles. The number of carbonyl (C=O) groups excluding carboxylic acids is 1. The van der Waals surface area contributed by atoms with E-state index in [0.29, 0.717) is 17.8 Å². The van der Waals surface area contributed by atoms with Crippen molar-refractivity contribution < 1.29 is 13.2 Å². The number of rotatable bonds is 7. The van der Waals surface area contributed by atoms with Crippen molar-refractivity contribution in [3.63, 3.8) is 0 Å². The van der Waals surface area contributed by atoms with Gasteiger partial charge >= 0.3 is 0 Å². The van der Waals surface area contributed by atoms with Gasteiger partial charge < -0.3 is 10.2 Å². The average molecular weight is 368 g/mol. The third-order valence-corrected chi connectivity index (χ3v) is 5.01. The monoisotopic (exact) mass is 367 g/mol. The molecule has 0 unspecified atom stereocenters. The summed E-state index contributed by atoms with van der Waals surface area (Å²) >= 11 is 0. The van der Waals surface area contributed by atoms with Crippen LogP contribution in [0.2, 0.25) is 0 Å². The zero-order valence-electron chi connectivity index (χ0n) is 15.2. The van der Waals surface area contributed by atoms with Gasteiger partial charge in [0.25, 0.3) is 5.91 Å². The minimum absolute atomic E-state index is 0.120. The van der Waals surface area contributed by atoms with Crippen LogP contribution >= 0.6 is 0 Å². The van der Waals surface area contributed by atoms with Crippen LogP contribution in [0.5, 0.6) is 0 Å². The molecule has 1 aliphatic heterocycles. The lowest BCUT2D eigenvalue weighted by Gasteiger charge is -2.19. The van der Waals surface area contributed by atoms with Crippen molar-refractivity contribution in [3.8, 4) is 0 Å². The van der Waals surface area contributed by atoms with Crippen LogP contribution in [0.15, 0.2) is 18.2 Å². The maximum Gasteiger partial charge on any atom is 0.251 e. The van der Waals surface area contributed by atoms with Gasteiger partial charge in [0.1, 0.15) is 0 Å². The van der Waals surface area contributed by atoms with E-state index in [9.17, 15) is 13.2 Å². The van der Waals surface area contributed by atoms with Gasteiger partial charge in [0, 0.05) is 12.1 Å². The van der Waals surface area contributed by atoms with Crippen LogP contribution in [0, 0.1) is 6.92 Å². The summed E-state index contributed by atoms with van der Waals surface area (Å²) in [5.74, 6) is -0.120. The summed E-state index contributed by atoms with van der Waals surface area (Å²) in [5.41, 5.74) is 1.77. The van der Waals surface area contributed by atoms with Crippen molar-refractivity contribution in [1.29, 1.82) is 0 Å². The molecular weight excluding hydrogens is 338 g/mol. The van der Waals surface area contributed by atoms with E-state index in [4.69, 9.17) is 0 Å². The molecule has 1 saturated heterocycles. The third kappa shape index (κ3) is 7.04. The maximum atomic E-state index is 12.2. The first-order valence-electron chi connectivity index (χ1n) is 8.94. The fraction of sp³-hybridized carbons (Fsp3) is 0.611. The fourth-order valence-corrected chi connectivity index (χ4v) is 3.71. The van der Waals surface area contributed by atoms with Gasteiger partial charge in [-0.1, -0.05) is 12.8 Å². The number of likely N-dealkylation sites (tertiary alicyclic amines) is 1. The molecule has 7 heteroatoms. The molecular formula is C18H29N3O3S. The van der Waals surface area contributed by atoms with E-state index in [0.717, 1.165) is 24.8 Å². The average Bonchev–Trinajstić information content (AvgIpc) is 2.81. The Kier molecular flexibility index (Phi) is 7.25. The lowest BCUT2D eigenvalue weighted by Crippen LogP contribution is -2.30. The molecule has 1 aromatic carbocycles. The van der Waals surface area contributed by atoms with Crippen LogP contribution in [-0.4, -0.2) is 51.7 Å². The van der Waals surface area contributed by atoms with Crippen molar-refractivity contribution in [3.05, 3.63) is 29.3 Å². The molecule has 1 heterocycles. The second-order valence-electron chi connectivity index (χ2n) is 6.77. The number of amides is 1. The van der Waals surface area contributed by atoms with Gasteiger partial charge in [-0.15, -0.1) is 0 Å². The van der Waals surface area contributed by atoms with Gasteiger partial charge in [-0.2, -0.15) is 0 Å². The van der Waals surface area contributed by atoms with Crippen molar-refractivity contribution >= 4 is 21.6 Å². The highest BCUT2D eigenvalue weighted by Crippen LogP contribution is 2.17. The number of benzene rings is 1. The zero-order valence-corrected chi connectivity index (χ0v) is 16.0. The fourth-order valence-electron chi connectivity index (χ4n) is 3.09. The lowest BCUT2D eigenvalue weighted by atomic mass is 10.1. The summed E-state index contributed by atoms with van der Waals surface area (Å²) < 4.78 is 25.1. The smallest absolute Gasteiger partial charge is 0.251 e. The van der Waals surface area contributed by atoms with Crippen molar-refractivity contribution in [2.75, 3.05) is 37.2 Å². The molecule has 1 fully saturated rings. The molecule has 6 nitrogen and oxygen atoms in total. The highest BCUT2D eigenvalue weighted by atomic mass is 32.2. The molecule has 1 amide bonds. The molecule has 0 aliphatic carbocycles. The molecule has 2 N–H and O–H groups in total. The second kappa shape index (κ2) is 9.20. The van der Waals surface area contributed by atoms with E-state index in [1.807, 2.05) is 0 Å². The Hall–Kier alpha value is -1.60. The Morgan fingerprint density at radius 2 is 1.84 bits per heavy atom. The van der Waals surface area contributed by atoms with Crippen LogP contribution in [0.3, 0.4) is 0 Å². The molecule has 0 spiro atoms. The number of hydrogen-bond acceptors (Lipinski definition) is 4. The number of hydrogen-bond donors (Lipinski definition) is 2. The first-order valence-corrected chi connectivity index (χ1v) is 10.8. The normalized spacial score (nSPS) is 16.2. The Morgan fingerprint density at radius 3 is 2.44 bits per heavy atom. The minimum Gasteiger partial charge on any atom is -0.352 e. The van der Waals surface area contributed by atoms with E-state index in [-0.39, 0.29) is 5.91 Å². The predicted octanol–water partition coefficient (Wildman–Crippen LogP) is 2.36. The van der Waals surface area contributed by atoms with Gasteiger partial charge in [-0.3, -0.25) is 9.52 Å². The van der Waals surface area contributed by atoms with E-state index in [1.165, 1.54) is 38.8 Å². The highest BCUT2D eigenvalue weighted by molar-refractivity contribution is 7.92. The second-order valence-corrected chi connectivity index (χ2v) is 8.52. The summed E-state index contributed by atoms with van der Waals surface area (Å²) in [4.78, 5) is 14.7. The largest absolute Gasteiger partial charge is 0.352 e. The van der Waals surface area contributed by atoms with Gasteiger partial charge in [-0.05, 0) is 69.6 Å². The number of anilines is 1. The molecule has 1 aliphatic rings. The SMILES string of the molecule is Cc1cc(C(=O)NCCCN2CCCCCC2)ccc1NS(C)(=O)=O. The van der Waals surface area contributed by atoms with Gasteiger partial charge in [0.2, 0.25) is 10.0 Å². The van der Waals surface area contributed by atoms with E-state index < -0.39 is 10.0 Å². The Balaban J connectivity index is 1.79. The standard InChI is InChI=1S/C18H29N3O3S/c1-15-14-16(8-9-17(15)20-25(2,23)24)18(22)19-10-7-13-21-11-5-3-4-6-12-21/h8-9,14,20H,3-7,10-13H2,1-2H3,(H,19,22). The summed E-state index contributed by atoms with van der Waals surface area (Å²) in [7, 11) is -3.32. The van der Waals surface area contributed by atoms with E-state index >= 15 is 0 Å². The summed E-state index contributed by atoms with van der Waals surface area (Å²) in [5, 5.41) is 2.94. The van der Waals surface area contributed by atoms with E-state index in [2.05, 4.69) is 14.9 Å². The molecule has 0 saturated carbocycles. The third-order valence-electron chi connectivity index (χ3n) is 4.42. The Bertz CT molecular complexity index is 681. The van der Waals surface area contributed by atoms with Crippen LogP contribution in [0.4, 0.5) is 5.69 Å². The summed E-state index contributed by atoms with van der Waals surface area (Å²) in [6.07, 6.45) is 7.27. The molecule has 25 heavy (non-hydrogen) atoms. The minimum atomic E-state index is -3.32. The number of nitrogens with zero attached hydrogens (tertiary/aromatic N) is 1. The van der Waals surface area contributed by atoms with Gasteiger partial charge in [0.15, 0.2) is 0 Å². The molecule has 140 valence electrons. The molecule has 0 bridgehead atoms. The Labute approximate surface area is 151 Å². The first kappa shape index (κ1) is 19.7. The van der Waals surface area contributed by atoms with E-state index in [1.54, 1.807) is 25.1 Å². The number of carbonyl (C=O) groups is 1. The van der Waals surface area contributed by atoms with Gasteiger partial charge in [0.05, 0.1) is 11.9 Å². The number of sulfonamides is 1. The van der Waals surface area contributed by atoms with Crippen LogP contribution in [0.25, 0.3) is 0 Å². The molecule has 0 radical (unpaired) electrons. The van der Waals surface area contributed by atoms with Crippen LogP contribution in [-0.2, 0) is 10.0 Å². The lowest BCUT2D eigenvalue weighted by molar-refractivity contribution is 0.0951. The molecule has 2 rings (SSSR count). The van der Waals surface area contributed by atoms with Crippen molar-refractivity contribution in [2.24, 2.45) is 0 Å². The quantitative estimate of drug-likeness (QED) is 0.725. The predicted molar refractivity (Wildman–Crippen MR) is 102 cm³/mol. The number of aryl methyl sites for hydroxylation is 1. The highest BCUT2D eigenvalue weighted by Gasteiger charge is 2.11. The van der Waals surface area contributed by atoms with Gasteiger partial charge in [-0.25, -0.2) is 8.42 Å². The summed E-state index contributed by atoms with van der Waals surface area (Å²) in [6, 6.07) is 4.98. The molecule has 0 atom stereocenters. The van der Waals surface area contributed by atoms with Crippen LogP contribution < -0.4 is 10.0 Å². The summed E-state index contributed by atoms with van der Waals surface area (Å²) in [6.45, 7) is 5.79. The molecule has 1 aromatic rings. The topological polar surface area (TPSA) is 78.5 Å². The zero-order chi connectivity index (χ0) is 18.3.